The second-order valence-electron chi connectivity index (χ2n) is 3.26. The molecular weight excluding hydrogens is 194 g/mol. The number of nitrogens with zero attached hydrogens (tertiary/aromatic N) is 1. The van der Waals surface area contributed by atoms with E-state index >= 15 is 0 Å². The summed E-state index contributed by atoms with van der Waals surface area (Å²) in [5, 5.41) is 0. The molecule has 0 heterocycles. The van der Waals surface area contributed by atoms with Gasteiger partial charge in [-0.25, -0.2) is 5.84 Å². The lowest BCUT2D eigenvalue weighted by molar-refractivity contribution is -0.126. The van der Waals surface area contributed by atoms with Gasteiger partial charge < -0.3 is 4.74 Å². The van der Waals surface area contributed by atoms with Crippen LogP contribution in [0.2, 0.25) is 0 Å². The number of hydrogen-bond donors (Lipinski definition) is 2. The van der Waals surface area contributed by atoms with E-state index in [1.807, 2.05) is 20.8 Å². The number of hydrogen-bond acceptors (Lipinski definition) is 4. The molecule has 0 aromatic heterocycles. The van der Waals surface area contributed by atoms with Crippen LogP contribution in [0.15, 0.2) is 0 Å². The largest absolute Gasteiger partial charge is 0.380 e. The number of carbonyl (C=O) groups excluding carboxylic acids is 1. The minimum atomic E-state index is -0.152. The van der Waals surface area contributed by atoms with E-state index in [2.05, 4.69) is 10.3 Å². The molecule has 1 amide bonds. The lowest BCUT2D eigenvalue weighted by Crippen LogP contribution is -2.49. The number of amides is 1. The standard InChI is InChI=1S/C10H23N3O2/c1-4-9(10(14)12-11)13(5-2)7-8-15-6-3/h9H,4-8,11H2,1-3H3,(H,12,14). The molecule has 0 bridgehead atoms. The predicted molar refractivity (Wildman–Crippen MR) is 60.1 cm³/mol. The van der Waals surface area contributed by atoms with Crippen LogP contribution < -0.4 is 11.3 Å². The number of likely N-dealkylation sites (N-methyl/N-ethyl adjacent to an activating group) is 1. The molecule has 0 aromatic rings. The zero-order chi connectivity index (χ0) is 11.7. The maximum atomic E-state index is 11.5. The SMILES string of the molecule is CCOCCN(CC)C(CC)C(=O)NN. The predicted octanol–water partition coefficient (Wildman–Crippen LogP) is 0.113. The van der Waals surface area contributed by atoms with Crippen molar-refractivity contribution < 1.29 is 9.53 Å². The molecule has 0 aliphatic carbocycles. The Morgan fingerprint density at radius 1 is 1.47 bits per heavy atom. The third-order valence-corrected chi connectivity index (χ3v) is 2.41. The van der Waals surface area contributed by atoms with Crippen molar-refractivity contribution in [3.8, 4) is 0 Å². The first-order valence-corrected chi connectivity index (χ1v) is 5.53. The van der Waals surface area contributed by atoms with Gasteiger partial charge in [-0.2, -0.15) is 0 Å². The molecular formula is C10H23N3O2. The van der Waals surface area contributed by atoms with E-state index in [1.165, 1.54) is 0 Å². The van der Waals surface area contributed by atoms with Gasteiger partial charge in [-0.3, -0.25) is 15.1 Å². The Hall–Kier alpha value is -0.650. The molecule has 0 spiro atoms. The van der Waals surface area contributed by atoms with Crippen molar-refractivity contribution in [2.75, 3.05) is 26.3 Å². The highest BCUT2D eigenvalue weighted by molar-refractivity contribution is 5.81. The normalized spacial score (nSPS) is 12.9. The lowest BCUT2D eigenvalue weighted by Gasteiger charge is -2.28. The van der Waals surface area contributed by atoms with Crippen LogP contribution in [0.5, 0.6) is 0 Å². The quantitative estimate of drug-likeness (QED) is 0.262. The molecule has 0 rings (SSSR count). The summed E-state index contributed by atoms with van der Waals surface area (Å²) >= 11 is 0. The van der Waals surface area contributed by atoms with E-state index in [-0.39, 0.29) is 11.9 Å². The highest BCUT2D eigenvalue weighted by Crippen LogP contribution is 2.03. The summed E-state index contributed by atoms with van der Waals surface area (Å²) < 4.78 is 5.27. The van der Waals surface area contributed by atoms with Gasteiger partial charge in [-0.05, 0) is 19.9 Å². The van der Waals surface area contributed by atoms with Gasteiger partial charge in [-0.1, -0.05) is 13.8 Å². The van der Waals surface area contributed by atoms with Crippen LogP contribution in [0.1, 0.15) is 27.2 Å². The third-order valence-electron chi connectivity index (χ3n) is 2.41. The Morgan fingerprint density at radius 3 is 2.53 bits per heavy atom. The first kappa shape index (κ1) is 14.3. The second-order valence-corrected chi connectivity index (χ2v) is 3.26. The smallest absolute Gasteiger partial charge is 0.251 e. The Balaban J connectivity index is 4.14. The Morgan fingerprint density at radius 2 is 2.13 bits per heavy atom. The molecule has 15 heavy (non-hydrogen) atoms. The summed E-state index contributed by atoms with van der Waals surface area (Å²) in [4.78, 5) is 13.5. The minimum Gasteiger partial charge on any atom is -0.380 e. The van der Waals surface area contributed by atoms with E-state index in [0.29, 0.717) is 13.2 Å². The summed E-state index contributed by atoms with van der Waals surface area (Å²) in [6.45, 7) is 8.90. The van der Waals surface area contributed by atoms with E-state index in [9.17, 15) is 4.79 Å². The molecule has 3 N–H and O–H groups in total. The highest BCUT2D eigenvalue weighted by atomic mass is 16.5. The molecule has 0 saturated carbocycles. The number of ether oxygens (including phenoxy) is 1. The monoisotopic (exact) mass is 217 g/mol. The van der Waals surface area contributed by atoms with Gasteiger partial charge >= 0.3 is 0 Å². The van der Waals surface area contributed by atoms with Gasteiger partial charge in [0.05, 0.1) is 12.6 Å². The number of carbonyl (C=O) groups is 1. The van der Waals surface area contributed by atoms with Crippen LogP contribution in [-0.2, 0) is 9.53 Å². The van der Waals surface area contributed by atoms with E-state index in [4.69, 9.17) is 10.6 Å². The van der Waals surface area contributed by atoms with Crippen LogP contribution in [0, 0.1) is 0 Å². The molecule has 0 aromatic carbocycles. The number of nitrogens with one attached hydrogen (secondary N) is 1. The van der Waals surface area contributed by atoms with Gasteiger partial charge in [0, 0.05) is 13.2 Å². The van der Waals surface area contributed by atoms with Crippen molar-refractivity contribution in [2.45, 2.75) is 33.2 Å². The first-order valence-electron chi connectivity index (χ1n) is 5.53. The van der Waals surface area contributed by atoms with Gasteiger partial charge in [0.25, 0.3) is 5.91 Å². The fraction of sp³-hybridized carbons (Fsp3) is 0.900. The average molecular weight is 217 g/mol. The number of nitrogens with two attached hydrogens (primary N) is 1. The summed E-state index contributed by atoms with van der Waals surface area (Å²) in [6, 6.07) is -0.152. The van der Waals surface area contributed by atoms with Gasteiger partial charge in [0.1, 0.15) is 0 Å². The minimum absolute atomic E-state index is 0.129. The molecule has 1 unspecified atom stereocenters. The number of rotatable bonds is 8. The van der Waals surface area contributed by atoms with E-state index in [0.717, 1.165) is 19.5 Å². The average Bonchev–Trinajstić information content (AvgIpc) is 2.27. The first-order chi connectivity index (χ1) is 7.21. The summed E-state index contributed by atoms with van der Waals surface area (Å²) in [6.07, 6.45) is 0.753. The third kappa shape index (κ3) is 5.11. The molecule has 0 fully saturated rings. The highest BCUT2D eigenvalue weighted by Gasteiger charge is 2.21. The fourth-order valence-electron chi connectivity index (χ4n) is 1.57. The van der Waals surface area contributed by atoms with Gasteiger partial charge in [-0.15, -0.1) is 0 Å². The van der Waals surface area contributed by atoms with Crippen LogP contribution in [0.4, 0.5) is 0 Å². The molecule has 5 heteroatoms. The summed E-state index contributed by atoms with van der Waals surface area (Å²) in [7, 11) is 0. The Kier molecular flexibility index (Phi) is 8.27. The molecule has 5 nitrogen and oxygen atoms in total. The van der Waals surface area contributed by atoms with E-state index < -0.39 is 0 Å². The molecule has 1 atom stereocenters. The maximum absolute atomic E-state index is 11.5. The Labute approximate surface area is 91.9 Å². The summed E-state index contributed by atoms with van der Waals surface area (Å²) in [5.41, 5.74) is 2.20. The number of hydrazine groups is 1. The zero-order valence-corrected chi connectivity index (χ0v) is 9.95. The summed E-state index contributed by atoms with van der Waals surface area (Å²) in [5.74, 6) is 5.01. The molecule has 0 aliphatic rings. The van der Waals surface area contributed by atoms with Gasteiger partial charge in [0.15, 0.2) is 0 Å². The molecule has 0 aliphatic heterocycles. The van der Waals surface area contributed by atoms with Crippen molar-refractivity contribution in [3.63, 3.8) is 0 Å². The van der Waals surface area contributed by atoms with Crippen molar-refractivity contribution in [1.82, 2.24) is 10.3 Å². The van der Waals surface area contributed by atoms with Crippen LogP contribution in [-0.4, -0.2) is 43.2 Å². The van der Waals surface area contributed by atoms with E-state index in [1.54, 1.807) is 0 Å². The van der Waals surface area contributed by atoms with Crippen molar-refractivity contribution in [2.24, 2.45) is 5.84 Å². The molecule has 90 valence electrons. The fourth-order valence-corrected chi connectivity index (χ4v) is 1.57. The van der Waals surface area contributed by atoms with Crippen LogP contribution in [0.25, 0.3) is 0 Å². The van der Waals surface area contributed by atoms with Crippen molar-refractivity contribution in [1.29, 1.82) is 0 Å². The Bertz CT molecular complexity index is 176. The molecule has 0 saturated heterocycles. The van der Waals surface area contributed by atoms with Crippen molar-refractivity contribution in [3.05, 3.63) is 0 Å². The van der Waals surface area contributed by atoms with Crippen molar-refractivity contribution >= 4 is 5.91 Å². The molecule has 0 radical (unpaired) electrons. The van der Waals surface area contributed by atoms with Crippen LogP contribution >= 0.6 is 0 Å². The zero-order valence-electron chi connectivity index (χ0n) is 9.95. The van der Waals surface area contributed by atoms with Crippen LogP contribution in [0.3, 0.4) is 0 Å². The topological polar surface area (TPSA) is 67.6 Å². The van der Waals surface area contributed by atoms with Gasteiger partial charge in [0.2, 0.25) is 0 Å². The second kappa shape index (κ2) is 8.64. The maximum Gasteiger partial charge on any atom is 0.251 e. The lowest BCUT2D eigenvalue weighted by atomic mass is 10.2.